The molecule has 0 aliphatic heterocycles. The van der Waals surface area contributed by atoms with E-state index in [9.17, 15) is 35.9 Å². The molecule has 1 aromatic rings. The van der Waals surface area contributed by atoms with Gasteiger partial charge in [-0.3, -0.25) is 9.59 Å². The molecule has 4 nitrogen and oxygen atoms in total. The molecule has 1 aromatic carbocycles. The lowest BCUT2D eigenvalue weighted by atomic mass is 10.1. The predicted octanol–water partition coefficient (Wildman–Crippen LogP) is 3.43. The molecule has 2 amide bonds. The molecule has 0 saturated heterocycles. The Morgan fingerprint density at radius 3 is 1.75 bits per heavy atom. The minimum absolute atomic E-state index is 0.00661. The smallest absolute Gasteiger partial charge is 0.348 e. The third kappa shape index (κ3) is 5.74. The van der Waals surface area contributed by atoms with E-state index in [1.165, 1.54) is 0 Å². The fourth-order valence-electron chi connectivity index (χ4n) is 1.59. The Bertz CT molecular complexity index is 590. The van der Waals surface area contributed by atoms with E-state index in [4.69, 9.17) is 0 Å². The Labute approximate surface area is 133 Å². The number of halogens is 6. The van der Waals surface area contributed by atoms with Crippen LogP contribution in [0.5, 0.6) is 0 Å². The lowest BCUT2D eigenvalue weighted by molar-refractivity contribution is -0.143. The van der Waals surface area contributed by atoms with Gasteiger partial charge in [0.2, 0.25) is 0 Å². The van der Waals surface area contributed by atoms with Gasteiger partial charge in [-0.15, -0.1) is 0 Å². The highest BCUT2D eigenvalue weighted by Gasteiger charge is 2.37. The summed E-state index contributed by atoms with van der Waals surface area (Å²) in [6.45, 7) is 3.60. The monoisotopic (exact) mass is 356 g/mol. The van der Waals surface area contributed by atoms with Crippen molar-refractivity contribution in [1.29, 1.82) is 0 Å². The summed E-state index contributed by atoms with van der Waals surface area (Å²) in [6.07, 6.45) is -10.1. The minimum Gasteiger partial charge on any atom is -0.348 e. The minimum atomic E-state index is -5.04. The molecule has 0 aliphatic rings. The highest BCUT2D eigenvalue weighted by molar-refractivity contribution is 6.39. The van der Waals surface area contributed by atoms with Crippen molar-refractivity contribution < 1.29 is 35.9 Å². The van der Waals surface area contributed by atoms with Gasteiger partial charge in [0.25, 0.3) is 0 Å². The van der Waals surface area contributed by atoms with E-state index in [2.05, 4.69) is 5.32 Å². The number of anilines is 1. The van der Waals surface area contributed by atoms with Crippen LogP contribution in [0.4, 0.5) is 32.0 Å². The van der Waals surface area contributed by atoms with E-state index < -0.39 is 41.0 Å². The van der Waals surface area contributed by atoms with E-state index in [0.717, 1.165) is 0 Å². The molecule has 0 aromatic heterocycles. The molecular formula is C14H14F6N2O2. The number of carbonyl (C=O) groups excluding carboxylic acids is 2. The van der Waals surface area contributed by atoms with Crippen LogP contribution < -0.4 is 10.6 Å². The molecule has 1 rings (SSSR count). The van der Waals surface area contributed by atoms with Gasteiger partial charge >= 0.3 is 24.2 Å². The quantitative estimate of drug-likeness (QED) is 0.644. The lowest BCUT2D eigenvalue weighted by Crippen LogP contribution is -2.37. The first-order valence-electron chi connectivity index (χ1n) is 6.69. The summed E-state index contributed by atoms with van der Waals surface area (Å²) < 4.78 is 76.1. The number of hydrogen-bond donors (Lipinski definition) is 2. The molecule has 0 atom stereocenters. The van der Waals surface area contributed by atoms with E-state index in [1.807, 2.05) is 0 Å². The molecule has 0 bridgehead atoms. The maximum atomic E-state index is 12.7. The number of nitrogens with one attached hydrogen (secondary N) is 2. The Kier molecular flexibility index (Phi) is 5.85. The maximum absolute atomic E-state index is 12.7. The Hall–Kier alpha value is -2.26. The number of carbonyl (C=O) groups is 2. The first-order chi connectivity index (χ1) is 10.8. The topological polar surface area (TPSA) is 58.2 Å². The van der Waals surface area contributed by atoms with Crippen LogP contribution in [0.3, 0.4) is 0 Å². The zero-order valence-corrected chi connectivity index (χ0v) is 12.6. The van der Waals surface area contributed by atoms with Gasteiger partial charge in [-0.05, 0) is 24.1 Å². The zero-order valence-electron chi connectivity index (χ0n) is 12.6. The van der Waals surface area contributed by atoms with Crippen LogP contribution >= 0.6 is 0 Å². The van der Waals surface area contributed by atoms with Crippen LogP contribution in [0.15, 0.2) is 18.2 Å². The van der Waals surface area contributed by atoms with Gasteiger partial charge in [0.15, 0.2) is 0 Å². The van der Waals surface area contributed by atoms with Gasteiger partial charge in [0.05, 0.1) is 11.1 Å². The second kappa shape index (κ2) is 7.10. The second-order valence-electron chi connectivity index (χ2n) is 5.35. The van der Waals surface area contributed by atoms with Crippen LogP contribution in [0.2, 0.25) is 0 Å². The van der Waals surface area contributed by atoms with Gasteiger partial charge in [-0.2, -0.15) is 26.3 Å². The first kappa shape index (κ1) is 19.8. The lowest BCUT2D eigenvalue weighted by Gasteiger charge is -2.14. The number of amides is 2. The van der Waals surface area contributed by atoms with Gasteiger partial charge in [0.1, 0.15) is 0 Å². The molecule has 2 N–H and O–H groups in total. The van der Waals surface area contributed by atoms with Gasteiger partial charge in [0, 0.05) is 12.2 Å². The number of alkyl halides is 6. The van der Waals surface area contributed by atoms with Crippen molar-refractivity contribution in [1.82, 2.24) is 5.32 Å². The molecule has 0 heterocycles. The highest BCUT2D eigenvalue weighted by atomic mass is 19.4. The molecule has 10 heteroatoms. The molecule has 0 radical (unpaired) electrons. The zero-order chi connectivity index (χ0) is 18.7. The summed E-state index contributed by atoms with van der Waals surface area (Å²) in [5, 5.41) is 3.94. The van der Waals surface area contributed by atoms with Crippen LogP contribution in [0.1, 0.15) is 25.0 Å². The van der Waals surface area contributed by atoms with Gasteiger partial charge in [-0.1, -0.05) is 13.8 Å². The van der Waals surface area contributed by atoms with Gasteiger partial charge in [-0.25, -0.2) is 0 Å². The summed E-state index contributed by atoms with van der Waals surface area (Å²) in [4.78, 5) is 23.0. The summed E-state index contributed by atoms with van der Waals surface area (Å²) >= 11 is 0. The second-order valence-corrected chi connectivity index (χ2v) is 5.35. The normalized spacial score (nSPS) is 12.2. The number of benzene rings is 1. The third-order valence-electron chi connectivity index (χ3n) is 2.72. The SMILES string of the molecule is CC(C)CNC(=O)C(=O)Nc1cc(C(F)(F)F)cc(C(F)(F)F)c1. The van der Waals surface area contributed by atoms with Crippen LogP contribution in [-0.2, 0) is 21.9 Å². The summed E-state index contributed by atoms with van der Waals surface area (Å²) in [7, 11) is 0. The molecule has 0 aliphatic carbocycles. The third-order valence-corrected chi connectivity index (χ3v) is 2.72. The Morgan fingerprint density at radius 1 is 0.917 bits per heavy atom. The molecular weight excluding hydrogens is 342 g/mol. The van der Waals surface area contributed by atoms with Crippen molar-refractivity contribution in [2.45, 2.75) is 26.2 Å². The molecule has 0 fully saturated rings. The largest absolute Gasteiger partial charge is 0.416 e. The molecule has 0 saturated carbocycles. The first-order valence-corrected chi connectivity index (χ1v) is 6.69. The fraction of sp³-hybridized carbons (Fsp3) is 0.429. The molecule has 0 spiro atoms. The van der Waals surface area contributed by atoms with Crippen molar-refractivity contribution in [2.24, 2.45) is 5.92 Å². The fourth-order valence-corrected chi connectivity index (χ4v) is 1.59. The molecule has 24 heavy (non-hydrogen) atoms. The Balaban J connectivity index is 3.06. The van der Waals surface area contributed by atoms with Crippen molar-refractivity contribution in [3.63, 3.8) is 0 Å². The molecule has 0 unspecified atom stereocenters. The van der Waals surface area contributed by atoms with Crippen LogP contribution in [0, 0.1) is 5.92 Å². The highest BCUT2D eigenvalue weighted by Crippen LogP contribution is 2.37. The standard InChI is InChI=1S/C14H14F6N2O2/c1-7(2)6-21-11(23)12(24)22-10-4-8(13(15,16)17)3-9(5-10)14(18,19)20/h3-5,7H,6H2,1-2H3,(H,21,23)(H,22,24). The van der Waals surface area contributed by atoms with Crippen molar-refractivity contribution in [2.75, 3.05) is 11.9 Å². The number of hydrogen-bond acceptors (Lipinski definition) is 2. The van der Waals surface area contributed by atoms with E-state index >= 15 is 0 Å². The summed E-state index contributed by atoms with van der Waals surface area (Å²) in [5.41, 5.74) is -3.95. The van der Waals surface area contributed by atoms with E-state index in [-0.39, 0.29) is 18.5 Å². The van der Waals surface area contributed by atoms with E-state index in [0.29, 0.717) is 12.1 Å². The average molecular weight is 356 g/mol. The van der Waals surface area contributed by atoms with Crippen LogP contribution in [-0.4, -0.2) is 18.4 Å². The van der Waals surface area contributed by atoms with Crippen LogP contribution in [0.25, 0.3) is 0 Å². The maximum Gasteiger partial charge on any atom is 0.416 e. The Morgan fingerprint density at radius 2 is 1.38 bits per heavy atom. The van der Waals surface area contributed by atoms with Crippen molar-refractivity contribution >= 4 is 17.5 Å². The van der Waals surface area contributed by atoms with Crippen molar-refractivity contribution in [3.05, 3.63) is 29.3 Å². The average Bonchev–Trinajstić information content (AvgIpc) is 2.42. The summed E-state index contributed by atoms with van der Waals surface area (Å²) in [5.74, 6) is -2.51. The van der Waals surface area contributed by atoms with Crippen molar-refractivity contribution in [3.8, 4) is 0 Å². The molecule has 134 valence electrons. The van der Waals surface area contributed by atoms with Gasteiger partial charge < -0.3 is 10.6 Å². The van der Waals surface area contributed by atoms with E-state index in [1.54, 1.807) is 19.2 Å². The number of rotatable bonds is 3. The predicted molar refractivity (Wildman–Crippen MR) is 72.9 cm³/mol. The summed E-state index contributed by atoms with van der Waals surface area (Å²) in [6, 6.07) is 0.570.